The molecule has 0 bridgehead atoms. The van der Waals surface area contributed by atoms with E-state index in [1.165, 1.54) is 10.5 Å². The van der Waals surface area contributed by atoms with Crippen LogP contribution in [0.5, 0.6) is 5.75 Å². The molecule has 2 aromatic rings. The predicted octanol–water partition coefficient (Wildman–Crippen LogP) is 1.44. The lowest BCUT2D eigenvalue weighted by atomic mass is 10.1. The zero-order chi connectivity index (χ0) is 17.1. The lowest BCUT2D eigenvalue weighted by Crippen LogP contribution is -2.50. The molecular weight excluding hydrogens is 310 g/mol. The van der Waals surface area contributed by atoms with E-state index >= 15 is 0 Å². The van der Waals surface area contributed by atoms with Gasteiger partial charge in [0.15, 0.2) is 11.5 Å². The molecule has 0 radical (unpaired) electrons. The third-order valence-electron chi connectivity index (χ3n) is 3.96. The molecular formula is C17H19N3O4. The van der Waals surface area contributed by atoms with E-state index in [0.717, 1.165) is 11.3 Å². The Balaban J connectivity index is 1.61. The summed E-state index contributed by atoms with van der Waals surface area (Å²) in [6, 6.07) is 7.37. The quantitative estimate of drug-likeness (QED) is 0.917. The standard InChI is InChI=1S/C17H19N3O4/c1-11-3-4-13(7-12(11)2)23-10-14-8-15(19-24-14)17(22)20-6-5-18-16(21)9-20/h3-4,7-8H,5-6,9-10H2,1-2H3,(H,18,21). The monoisotopic (exact) mass is 329 g/mol. The average Bonchev–Trinajstić information content (AvgIpc) is 3.04. The molecule has 7 heteroatoms. The molecule has 3 rings (SSSR count). The van der Waals surface area contributed by atoms with Crippen LogP contribution < -0.4 is 10.1 Å². The molecule has 1 fully saturated rings. The molecule has 0 atom stereocenters. The van der Waals surface area contributed by atoms with Gasteiger partial charge in [0.2, 0.25) is 5.91 Å². The smallest absolute Gasteiger partial charge is 0.276 e. The summed E-state index contributed by atoms with van der Waals surface area (Å²) in [5, 5.41) is 6.46. The van der Waals surface area contributed by atoms with E-state index in [2.05, 4.69) is 10.5 Å². The molecule has 126 valence electrons. The van der Waals surface area contributed by atoms with Gasteiger partial charge in [-0.05, 0) is 37.1 Å². The van der Waals surface area contributed by atoms with Crippen molar-refractivity contribution in [2.45, 2.75) is 20.5 Å². The SMILES string of the molecule is Cc1ccc(OCc2cc(C(=O)N3CCNC(=O)C3)no2)cc1C. The molecule has 1 N–H and O–H groups in total. The number of benzene rings is 1. The zero-order valence-corrected chi connectivity index (χ0v) is 13.7. The van der Waals surface area contributed by atoms with Crippen molar-refractivity contribution in [1.82, 2.24) is 15.4 Å². The molecule has 1 saturated heterocycles. The fourth-order valence-electron chi connectivity index (χ4n) is 2.41. The third-order valence-corrected chi connectivity index (χ3v) is 3.96. The fraction of sp³-hybridized carbons (Fsp3) is 0.353. The van der Waals surface area contributed by atoms with Gasteiger partial charge >= 0.3 is 0 Å². The maximum Gasteiger partial charge on any atom is 0.276 e. The number of hydrogen-bond acceptors (Lipinski definition) is 5. The second-order valence-corrected chi connectivity index (χ2v) is 5.79. The van der Waals surface area contributed by atoms with Crippen LogP contribution in [-0.2, 0) is 11.4 Å². The van der Waals surface area contributed by atoms with E-state index in [1.54, 1.807) is 6.07 Å². The van der Waals surface area contributed by atoms with Crippen molar-refractivity contribution >= 4 is 11.8 Å². The Morgan fingerprint density at radius 1 is 1.33 bits per heavy atom. The summed E-state index contributed by atoms with van der Waals surface area (Å²) in [6.45, 7) is 5.19. The fourth-order valence-corrected chi connectivity index (χ4v) is 2.41. The van der Waals surface area contributed by atoms with Gasteiger partial charge < -0.3 is 19.5 Å². The number of rotatable bonds is 4. The minimum atomic E-state index is -0.314. The number of piperazine rings is 1. The van der Waals surface area contributed by atoms with Gasteiger partial charge in [0.25, 0.3) is 5.91 Å². The van der Waals surface area contributed by atoms with Crippen LogP contribution in [0.25, 0.3) is 0 Å². The molecule has 0 saturated carbocycles. The number of amides is 2. The lowest BCUT2D eigenvalue weighted by molar-refractivity contribution is -0.123. The maximum atomic E-state index is 12.3. The molecule has 1 aromatic carbocycles. The van der Waals surface area contributed by atoms with Gasteiger partial charge in [-0.2, -0.15) is 0 Å². The van der Waals surface area contributed by atoms with Crippen molar-refractivity contribution in [2.24, 2.45) is 0 Å². The first kappa shape index (κ1) is 16.0. The normalized spacial score (nSPS) is 14.4. The zero-order valence-electron chi connectivity index (χ0n) is 13.7. The van der Waals surface area contributed by atoms with Crippen LogP contribution in [-0.4, -0.2) is 41.5 Å². The second-order valence-electron chi connectivity index (χ2n) is 5.79. The Kier molecular flexibility index (Phi) is 4.50. The Hall–Kier alpha value is -2.83. The van der Waals surface area contributed by atoms with E-state index in [1.807, 2.05) is 32.0 Å². The van der Waals surface area contributed by atoms with Crippen LogP contribution in [0.4, 0.5) is 0 Å². The molecule has 1 aliphatic heterocycles. The first-order valence-electron chi connectivity index (χ1n) is 7.74. The summed E-state index contributed by atoms with van der Waals surface area (Å²) in [5.41, 5.74) is 2.52. The van der Waals surface area contributed by atoms with Gasteiger partial charge in [0, 0.05) is 19.2 Å². The lowest BCUT2D eigenvalue weighted by Gasteiger charge is -2.25. The van der Waals surface area contributed by atoms with Crippen LogP contribution in [0.2, 0.25) is 0 Å². The molecule has 24 heavy (non-hydrogen) atoms. The molecule has 7 nitrogen and oxygen atoms in total. The summed E-state index contributed by atoms with van der Waals surface area (Å²) in [5.74, 6) is 0.704. The van der Waals surface area contributed by atoms with Crippen molar-refractivity contribution < 1.29 is 18.8 Å². The van der Waals surface area contributed by atoms with Crippen molar-refractivity contribution in [3.05, 3.63) is 46.8 Å². The molecule has 1 aliphatic rings. The largest absolute Gasteiger partial charge is 0.486 e. The van der Waals surface area contributed by atoms with Crippen LogP contribution in [0.3, 0.4) is 0 Å². The van der Waals surface area contributed by atoms with E-state index in [4.69, 9.17) is 9.26 Å². The van der Waals surface area contributed by atoms with Crippen LogP contribution >= 0.6 is 0 Å². The molecule has 2 amide bonds. The van der Waals surface area contributed by atoms with E-state index < -0.39 is 0 Å². The van der Waals surface area contributed by atoms with Gasteiger partial charge in [-0.1, -0.05) is 11.2 Å². The van der Waals surface area contributed by atoms with Crippen molar-refractivity contribution in [3.8, 4) is 5.75 Å². The van der Waals surface area contributed by atoms with Crippen LogP contribution in [0, 0.1) is 13.8 Å². The molecule has 0 unspecified atom stereocenters. The molecule has 2 heterocycles. The summed E-state index contributed by atoms with van der Waals surface area (Å²) in [4.78, 5) is 25.1. The summed E-state index contributed by atoms with van der Waals surface area (Å²) in [6.07, 6.45) is 0. The summed E-state index contributed by atoms with van der Waals surface area (Å²) < 4.78 is 10.8. The van der Waals surface area contributed by atoms with Crippen molar-refractivity contribution in [1.29, 1.82) is 0 Å². The minimum absolute atomic E-state index is 0.0418. The number of carbonyl (C=O) groups excluding carboxylic acids is 2. The third kappa shape index (κ3) is 3.56. The number of aryl methyl sites for hydroxylation is 2. The number of carbonyl (C=O) groups is 2. The van der Waals surface area contributed by atoms with Gasteiger partial charge in [-0.25, -0.2) is 0 Å². The van der Waals surface area contributed by atoms with E-state index in [0.29, 0.717) is 18.8 Å². The predicted molar refractivity (Wildman–Crippen MR) is 85.7 cm³/mol. The molecule has 0 spiro atoms. The number of nitrogens with zero attached hydrogens (tertiary/aromatic N) is 2. The van der Waals surface area contributed by atoms with Gasteiger partial charge in [-0.15, -0.1) is 0 Å². The Morgan fingerprint density at radius 2 is 2.17 bits per heavy atom. The summed E-state index contributed by atoms with van der Waals surface area (Å²) >= 11 is 0. The molecule has 1 aromatic heterocycles. The number of aromatic nitrogens is 1. The Bertz CT molecular complexity index is 769. The highest BCUT2D eigenvalue weighted by Gasteiger charge is 2.24. The Morgan fingerprint density at radius 3 is 2.92 bits per heavy atom. The van der Waals surface area contributed by atoms with Crippen molar-refractivity contribution in [3.63, 3.8) is 0 Å². The molecule has 0 aliphatic carbocycles. The van der Waals surface area contributed by atoms with Gasteiger partial charge in [0.1, 0.15) is 12.4 Å². The number of nitrogens with one attached hydrogen (secondary N) is 1. The van der Waals surface area contributed by atoms with Crippen molar-refractivity contribution in [2.75, 3.05) is 19.6 Å². The highest BCUT2D eigenvalue weighted by molar-refractivity contribution is 5.95. The minimum Gasteiger partial charge on any atom is -0.486 e. The Labute approximate surface area is 139 Å². The topological polar surface area (TPSA) is 84.7 Å². The van der Waals surface area contributed by atoms with E-state index in [9.17, 15) is 9.59 Å². The number of ether oxygens (including phenoxy) is 1. The first-order chi connectivity index (χ1) is 11.5. The summed E-state index contributed by atoms with van der Waals surface area (Å²) in [7, 11) is 0. The van der Waals surface area contributed by atoms with E-state index in [-0.39, 0.29) is 30.7 Å². The van der Waals surface area contributed by atoms with Gasteiger partial charge in [0.05, 0.1) is 6.54 Å². The second kappa shape index (κ2) is 6.74. The number of hydrogen-bond donors (Lipinski definition) is 1. The first-order valence-corrected chi connectivity index (χ1v) is 7.74. The highest BCUT2D eigenvalue weighted by Crippen LogP contribution is 2.18. The highest BCUT2D eigenvalue weighted by atomic mass is 16.5. The average molecular weight is 329 g/mol. The van der Waals surface area contributed by atoms with Crippen LogP contribution in [0.15, 0.2) is 28.8 Å². The van der Waals surface area contributed by atoms with Gasteiger partial charge in [-0.3, -0.25) is 9.59 Å². The van der Waals surface area contributed by atoms with Crippen LogP contribution in [0.1, 0.15) is 27.4 Å². The maximum absolute atomic E-state index is 12.3.